The second-order valence-corrected chi connectivity index (χ2v) is 6.53. The van der Waals surface area contributed by atoms with Crippen molar-refractivity contribution in [3.05, 3.63) is 23.8 Å². The van der Waals surface area contributed by atoms with E-state index in [0.29, 0.717) is 0 Å². The molecule has 10 heteroatoms. The van der Waals surface area contributed by atoms with Crippen LogP contribution < -0.4 is 10.9 Å². The van der Waals surface area contributed by atoms with Gasteiger partial charge in [-0.25, -0.2) is 13.6 Å². The second kappa shape index (κ2) is 3.60. The molecule has 8 nitrogen and oxygen atoms in total. The number of benzene rings is 1. The number of nitrogens with zero attached hydrogens (tertiary/aromatic N) is 1. The van der Waals surface area contributed by atoms with E-state index in [0.717, 1.165) is 6.07 Å². The number of sulfonamides is 2. The van der Waals surface area contributed by atoms with Crippen LogP contribution in [0.4, 0.5) is 0 Å². The van der Waals surface area contributed by atoms with Gasteiger partial charge in [0, 0.05) is 5.56 Å². The SMILES string of the molecule is NC(=O)C1=NS(=O)(=O)c2c1cccc2S(N)(=O)=O. The monoisotopic (exact) mass is 289 g/mol. The number of amides is 1. The van der Waals surface area contributed by atoms with E-state index in [4.69, 9.17) is 10.9 Å². The van der Waals surface area contributed by atoms with Crippen LogP contribution in [-0.4, -0.2) is 28.5 Å². The zero-order chi connectivity index (χ0) is 13.7. The smallest absolute Gasteiger partial charge is 0.285 e. The molecule has 1 amide bonds. The first-order chi connectivity index (χ1) is 8.14. The average molecular weight is 289 g/mol. The van der Waals surface area contributed by atoms with Gasteiger partial charge in [-0.3, -0.25) is 4.79 Å². The summed E-state index contributed by atoms with van der Waals surface area (Å²) in [5, 5.41) is 4.91. The number of primary amides is 1. The first kappa shape index (κ1) is 12.7. The molecule has 1 aromatic rings. The van der Waals surface area contributed by atoms with Gasteiger partial charge in [0.1, 0.15) is 15.5 Å². The second-order valence-electron chi connectivity index (χ2n) is 3.46. The van der Waals surface area contributed by atoms with Gasteiger partial charge in [-0.15, -0.1) is 0 Å². The van der Waals surface area contributed by atoms with Crippen molar-refractivity contribution in [2.24, 2.45) is 15.3 Å². The highest BCUT2D eigenvalue weighted by molar-refractivity contribution is 7.93. The Morgan fingerprint density at radius 2 is 1.89 bits per heavy atom. The molecule has 1 heterocycles. The molecule has 0 unspecified atom stereocenters. The maximum atomic E-state index is 11.7. The summed E-state index contributed by atoms with van der Waals surface area (Å²) in [5.41, 5.74) is 4.32. The maximum absolute atomic E-state index is 11.7. The lowest BCUT2D eigenvalue weighted by Crippen LogP contribution is -2.23. The summed E-state index contributed by atoms with van der Waals surface area (Å²) < 4.78 is 49.2. The molecule has 0 spiro atoms. The van der Waals surface area contributed by atoms with E-state index in [9.17, 15) is 21.6 Å². The van der Waals surface area contributed by atoms with E-state index in [1.807, 2.05) is 0 Å². The molecule has 2 rings (SSSR count). The fourth-order valence-electron chi connectivity index (χ4n) is 1.59. The minimum Gasteiger partial charge on any atom is -0.364 e. The summed E-state index contributed by atoms with van der Waals surface area (Å²) in [6.45, 7) is 0. The number of nitrogens with two attached hydrogens (primary N) is 2. The number of hydrogen-bond acceptors (Lipinski definition) is 5. The molecule has 0 aromatic heterocycles. The summed E-state index contributed by atoms with van der Waals surface area (Å²) in [5.74, 6) is -1.07. The van der Waals surface area contributed by atoms with Crippen molar-refractivity contribution in [3.63, 3.8) is 0 Å². The van der Waals surface area contributed by atoms with Crippen molar-refractivity contribution < 1.29 is 21.6 Å². The summed E-state index contributed by atoms with van der Waals surface area (Å²) in [6, 6.07) is 3.50. The Kier molecular flexibility index (Phi) is 2.54. The van der Waals surface area contributed by atoms with Gasteiger partial charge in [-0.2, -0.15) is 12.8 Å². The summed E-state index contributed by atoms with van der Waals surface area (Å²) in [6.07, 6.45) is 0. The highest BCUT2D eigenvalue weighted by Gasteiger charge is 2.36. The van der Waals surface area contributed by atoms with Gasteiger partial charge in [-0.1, -0.05) is 12.1 Å². The zero-order valence-electron chi connectivity index (χ0n) is 8.69. The first-order valence-electron chi connectivity index (χ1n) is 4.45. The molecule has 96 valence electrons. The number of primary sulfonamides is 1. The molecule has 0 saturated heterocycles. The molecular formula is C8H7N3O5S2. The normalized spacial score (nSPS) is 17.1. The van der Waals surface area contributed by atoms with Crippen molar-refractivity contribution in [2.75, 3.05) is 0 Å². The predicted octanol–water partition coefficient (Wildman–Crippen LogP) is -1.69. The van der Waals surface area contributed by atoms with Crippen molar-refractivity contribution in [3.8, 4) is 0 Å². The van der Waals surface area contributed by atoms with Crippen molar-refractivity contribution in [1.29, 1.82) is 0 Å². The molecule has 0 bridgehead atoms. The Bertz CT molecular complexity index is 792. The van der Waals surface area contributed by atoms with Crippen LogP contribution in [0.1, 0.15) is 5.56 Å². The van der Waals surface area contributed by atoms with E-state index in [2.05, 4.69) is 4.40 Å². The van der Waals surface area contributed by atoms with Crippen molar-refractivity contribution >= 4 is 31.7 Å². The van der Waals surface area contributed by atoms with Gasteiger partial charge >= 0.3 is 0 Å². The fourth-order valence-corrected chi connectivity index (χ4v) is 4.17. The van der Waals surface area contributed by atoms with Crippen LogP contribution in [0, 0.1) is 0 Å². The number of hydrogen-bond donors (Lipinski definition) is 2. The third kappa shape index (κ3) is 1.79. The number of rotatable bonds is 2. The van der Waals surface area contributed by atoms with Crippen LogP contribution in [0.3, 0.4) is 0 Å². The topological polar surface area (TPSA) is 150 Å². The summed E-state index contributed by atoms with van der Waals surface area (Å²) >= 11 is 0. The van der Waals surface area contributed by atoms with Crippen LogP contribution in [0.2, 0.25) is 0 Å². The van der Waals surface area contributed by atoms with Crippen molar-refractivity contribution in [1.82, 2.24) is 0 Å². The summed E-state index contributed by atoms with van der Waals surface area (Å²) in [7, 11) is -8.54. The van der Waals surface area contributed by atoms with Gasteiger partial charge in [0.05, 0.1) is 0 Å². The van der Waals surface area contributed by atoms with Crippen molar-refractivity contribution in [2.45, 2.75) is 9.79 Å². The van der Waals surface area contributed by atoms with E-state index < -0.39 is 41.5 Å². The Hall–Kier alpha value is -1.78. The molecule has 1 aromatic carbocycles. The molecule has 4 N–H and O–H groups in total. The highest BCUT2D eigenvalue weighted by atomic mass is 32.2. The molecule has 0 fully saturated rings. The molecule has 1 aliphatic heterocycles. The van der Waals surface area contributed by atoms with Gasteiger partial charge in [-0.05, 0) is 6.07 Å². The lowest BCUT2D eigenvalue weighted by atomic mass is 10.1. The number of carbonyl (C=O) groups is 1. The van der Waals surface area contributed by atoms with Gasteiger partial charge < -0.3 is 5.73 Å². The standard InChI is InChI=1S/C8H7N3O5S2/c9-8(12)6-4-2-1-3-5(17(10,13)14)7(4)18(15,16)11-6/h1-3H,(H2,9,12)(H2,10,13,14). The quantitative estimate of drug-likeness (QED) is 0.666. The van der Waals surface area contributed by atoms with Gasteiger partial charge in [0.2, 0.25) is 10.0 Å². The Labute approximate surface area is 102 Å². The third-order valence-corrected chi connectivity index (χ3v) is 4.70. The third-order valence-electron chi connectivity index (χ3n) is 2.24. The average Bonchev–Trinajstić information content (AvgIpc) is 2.50. The Morgan fingerprint density at radius 3 is 2.39 bits per heavy atom. The maximum Gasteiger partial charge on any atom is 0.285 e. The largest absolute Gasteiger partial charge is 0.364 e. The molecule has 1 aliphatic rings. The van der Waals surface area contributed by atoms with Crippen LogP contribution in [0.5, 0.6) is 0 Å². The van der Waals surface area contributed by atoms with Crippen LogP contribution in [0.15, 0.2) is 32.4 Å². The van der Waals surface area contributed by atoms with E-state index in [-0.39, 0.29) is 5.56 Å². The molecule has 0 aliphatic carbocycles. The summed E-state index contributed by atoms with van der Waals surface area (Å²) in [4.78, 5) is 9.84. The van der Waals surface area contributed by atoms with E-state index in [1.165, 1.54) is 12.1 Å². The lowest BCUT2D eigenvalue weighted by molar-refractivity contribution is -0.111. The van der Waals surface area contributed by atoms with E-state index in [1.54, 1.807) is 0 Å². The zero-order valence-corrected chi connectivity index (χ0v) is 10.3. The number of carbonyl (C=O) groups excluding carboxylic acids is 1. The Balaban J connectivity index is 2.93. The van der Waals surface area contributed by atoms with Crippen LogP contribution in [-0.2, 0) is 24.8 Å². The minimum atomic E-state index is -4.29. The molecule has 0 atom stereocenters. The highest BCUT2D eigenvalue weighted by Crippen LogP contribution is 2.31. The van der Waals surface area contributed by atoms with Gasteiger partial charge in [0.25, 0.3) is 15.9 Å². The number of fused-ring (bicyclic) bond motifs is 1. The molecular weight excluding hydrogens is 282 g/mol. The molecule has 18 heavy (non-hydrogen) atoms. The minimum absolute atomic E-state index is 0.158. The lowest BCUT2D eigenvalue weighted by Gasteiger charge is -2.04. The fraction of sp³-hybridized carbons (Fsp3) is 0. The first-order valence-corrected chi connectivity index (χ1v) is 7.44. The Morgan fingerprint density at radius 1 is 1.28 bits per heavy atom. The van der Waals surface area contributed by atoms with E-state index >= 15 is 0 Å². The van der Waals surface area contributed by atoms with Gasteiger partial charge in [0.15, 0.2) is 0 Å². The van der Waals surface area contributed by atoms with Crippen LogP contribution in [0.25, 0.3) is 0 Å². The molecule has 0 saturated carbocycles. The predicted molar refractivity (Wildman–Crippen MR) is 60.7 cm³/mol. The van der Waals surface area contributed by atoms with Crippen LogP contribution >= 0.6 is 0 Å². The molecule has 0 radical (unpaired) electrons.